The lowest BCUT2D eigenvalue weighted by atomic mass is 9.95. The van der Waals surface area contributed by atoms with E-state index in [-0.39, 0.29) is 0 Å². The van der Waals surface area contributed by atoms with Crippen molar-refractivity contribution in [2.75, 3.05) is 6.61 Å². The smallest absolute Gasteiger partial charge is 0.159 e. The Kier molecular flexibility index (Phi) is 6.73. The van der Waals surface area contributed by atoms with Gasteiger partial charge in [0.05, 0.1) is 13.2 Å². The van der Waals surface area contributed by atoms with E-state index in [1.807, 2.05) is 18.2 Å². The average molecular weight is 384 g/mol. The molecule has 2 rings (SSSR count). The number of allylic oxidation sites excluding steroid dienone is 1. The number of halogens is 1. The van der Waals surface area contributed by atoms with Crippen LogP contribution in [0.3, 0.4) is 0 Å². The molecule has 0 saturated heterocycles. The molecule has 0 N–H and O–H groups in total. The van der Waals surface area contributed by atoms with Gasteiger partial charge in [-0.15, -0.1) is 0 Å². The summed E-state index contributed by atoms with van der Waals surface area (Å²) in [5, 5.41) is 0. The number of hydrogen-bond donors (Lipinski definition) is 0. The summed E-state index contributed by atoms with van der Waals surface area (Å²) in [6.07, 6.45) is 6.24. The Hall–Kier alpha value is -0.680. The molecule has 0 atom stereocenters. The van der Waals surface area contributed by atoms with E-state index in [0.717, 1.165) is 28.4 Å². The number of benzene rings is 1. The maximum atomic E-state index is 12.1. The van der Waals surface area contributed by atoms with Crippen LogP contribution in [0.5, 0.6) is 0 Å². The molecule has 0 amide bonds. The lowest BCUT2D eigenvalue weighted by molar-refractivity contribution is -0.116. The standard InChI is InChI=1S/C17H21IO2/c18-16(13-20-12-14-8-4-3-5-9-14)15-10-6-1-2-7-11-17(15)19/h3-5,8-9H,1-2,6-7,10-13H2/b16-15-. The summed E-state index contributed by atoms with van der Waals surface area (Å²) in [6, 6.07) is 10.1. The van der Waals surface area contributed by atoms with Crippen LogP contribution in [0.1, 0.15) is 44.1 Å². The van der Waals surface area contributed by atoms with Gasteiger partial charge in [0.1, 0.15) is 0 Å². The highest BCUT2D eigenvalue weighted by molar-refractivity contribution is 14.1. The fourth-order valence-electron chi connectivity index (χ4n) is 2.44. The molecule has 108 valence electrons. The third-order valence-corrected chi connectivity index (χ3v) is 4.55. The third-order valence-electron chi connectivity index (χ3n) is 3.58. The van der Waals surface area contributed by atoms with E-state index < -0.39 is 0 Å². The maximum Gasteiger partial charge on any atom is 0.159 e. The molecule has 0 spiro atoms. The molecule has 1 aliphatic rings. The summed E-state index contributed by atoms with van der Waals surface area (Å²) < 4.78 is 6.83. The number of ether oxygens (including phenoxy) is 1. The number of ketones is 1. The van der Waals surface area contributed by atoms with Crippen molar-refractivity contribution >= 4 is 28.4 Å². The minimum absolute atomic E-state index is 0.331. The molecule has 0 radical (unpaired) electrons. The first-order valence-electron chi connectivity index (χ1n) is 7.30. The van der Waals surface area contributed by atoms with Gasteiger partial charge in [-0.25, -0.2) is 0 Å². The van der Waals surface area contributed by atoms with Crippen LogP contribution < -0.4 is 0 Å². The van der Waals surface area contributed by atoms with E-state index in [1.54, 1.807) is 0 Å². The summed E-state index contributed by atoms with van der Waals surface area (Å²) in [5.74, 6) is 0.331. The lowest BCUT2D eigenvalue weighted by Crippen LogP contribution is -2.09. The summed E-state index contributed by atoms with van der Waals surface area (Å²) in [5.41, 5.74) is 2.18. The molecule has 3 heteroatoms. The van der Waals surface area contributed by atoms with Gasteiger partial charge in [0.15, 0.2) is 5.78 Å². The molecule has 0 heterocycles. The van der Waals surface area contributed by atoms with E-state index in [9.17, 15) is 4.79 Å². The number of hydrogen-bond acceptors (Lipinski definition) is 2. The second kappa shape index (κ2) is 8.57. The van der Waals surface area contributed by atoms with Gasteiger partial charge >= 0.3 is 0 Å². The predicted octanol–water partition coefficient (Wildman–Crippen LogP) is 4.82. The Morgan fingerprint density at radius 1 is 1.05 bits per heavy atom. The number of rotatable bonds is 4. The van der Waals surface area contributed by atoms with Crippen molar-refractivity contribution in [2.45, 2.75) is 45.1 Å². The Morgan fingerprint density at radius 3 is 2.50 bits per heavy atom. The van der Waals surface area contributed by atoms with Crippen LogP contribution in [0.25, 0.3) is 0 Å². The van der Waals surface area contributed by atoms with Gasteiger partial charge in [-0.1, -0.05) is 43.2 Å². The summed E-state index contributed by atoms with van der Waals surface area (Å²) in [7, 11) is 0. The number of Topliss-reactive ketones (excluding diaryl/α,β-unsaturated/α-hetero) is 1. The van der Waals surface area contributed by atoms with E-state index in [0.29, 0.717) is 25.4 Å². The Bertz CT molecular complexity index is 465. The normalized spacial score (nSPS) is 19.4. The first kappa shape index (κ1) is 15.7. The maximum absolute atomic E-state index is 12.1. The van der Waals surface area contributed by atoms with Gasteiger partial charge in [-0.3, -0.25) is 4.79 Å². The molecule has 0 unspecified atom stereocenters. The molecular formula is C17H21IO2. The largest absolute Gasteiger partial charge is 0.372 e. The zero-order chi connectivity index (χ0) is 14.2. The van der Waals surface area contributed by atoms with Crippen LogP contribution in [-0.2, 0) is 16.1 Å². The van der Waals surface area contributed by atoms with Crippen molar-refractivity contribution in [1.82, 2.24) is 0 Å². The quantitative estimate of drug-likeness (QED) is 0.550. The molecule has 1 fully saturated rings. The van der Waals surface area contributed by atoms with Crippen molar-refractivity contribution in [2.24, 2.45) is 0 Å². The topological polar surface area (TPSA) is 26.3 Å². The van der Waals surface area contributed by atoms with Gasteiger partial charge in [0.2, 0.25) is 0 Å². The molecule has 2 nitrogen and oxygen atoms in total. The highest BCUT2D eigenvalue weighted by Crippen LogP contribution is 2.25. The molecule has 1 aliphatic carbocycles. The van der Waals surface area contributed by atoms with Crippen molar-refractivity contribution in [3.63, 3.8) is 0 Å². The van der Waals surface area contributed by atoms with Crippen molar-refractivity contribution in [3.05, 3.63) is 45.0 Å². The number of carbonyl (C=O) groups excluding carboxylic acids is 1. The third kappa shape index (κ3) is 5.02. The van der Waals surface area contributed by atoms with E-state index in [2.05, 4.69) is 34.7 Å². The van der Waals surface area contributed by atoms with Crippen LogP contribution in [0.4, 0.5) is 0 Å². The van der Waals surface area contributed by atoms with Crippen LogP contribution in [0.15, 0.2) is 39.5 Å². The molecule has 20 heavy (non-hydrogen) atoms. The molecule has 1 saturated carbocycles. The zero-order valence-corrected chi connectivity index (χ0v) is 13.9. The highest BCUT2D eigenvalue weighted by Gasteiger charge is 2.15. The van der Waals surface area contributed by atoms with E-state index >= 15 is 0 Å². The summed E-state index contributed by atoms with van der Waals surface area (Å²) >= 11 is 2.28. The summed E-state index contributed by atoms with van der Waals surface area (Å²) in [4.78, 5) is 12.1. The molecule has 0 bridgehead atoms. The zero-order valence-electron chi connectivity index (χ0n) is 11.7. The van der Waals surface area contributed by atoms with Gasteiger partial charge < -0.3 is 4.74 Å². The molecule has 0 aliphatic heterocycles. The van der Waals surface area contributed by atoms with E-state index in [1.165, 1.54) is 18.4 Å². The predicted molar refractivity (Wildman–Crippen MR) is 89.9 cm³/mol. The van der Waals surface area contributed by atoms with Crippen LogP contribution in [0.2, 0.25) is 0 Å². The van der Waals surface area contributed by atoms with Crippen LogP contribution in [0, 0.1) is 0 Å². The Balaban J connectivity index is 1.89. The van der Waals surface area contributed by atoms with E-state index in [4.69, 9.17) is 4.74 Å². The van der Waals surface area contributed by atoms with Crippen LogP contribution >= 0.6 is 22.6 Å². The first-order valence-corrected chi connectivity index (χ1v) is 8.37. The molecule has 1 aromatic rings. The van der Waals surface area contributed by atoms with Gasteiger partial charge in [-0.2, -0.15) is 0 Å². The van der Waals surface area contributed by atoms with Crippen molar-refractivity contribution < 1.29 is 9.53 Å². The number of carbonyl (C=O) groups is 1. The second-order valence-corrected chi connectivity index (χ2v) is 6.50. The first-order chi connectivity index (χ1) is 9.77. The van der Waals surface area contributed by atoms with Crippen LogP contribution in [-0.4, -0.2) is 12.4 Å². The average Bonchev–Trinajstić information content (AvgIpc) is 2.44. The van der Waals surface area contributed by atoms with Crippen molar-refractivity contribution in [3.8, 4) is 0 Å². The SMILES string of the molecule is O=C1CCCCCC/C1=C(/I)COCc1ccccc1. The monoisotopic (exact) mass is 384 g/mol. The Labute approximate surface area is 134 Å². The fraction of sp³-hybridized carbons (Fsp3) is 0.471. The summed E-state index contributed by atoms with van der Waals surface area (Å²) in [6.45, 7) is 1.16. The molecule has 0 aromatic heterocycles. The Morgan fingerprint density at radius 2 is 1.75 bits per heavy atom. The minimum Gasteiger partial charge on any atom is -0.372 e. The van der Waals surface area contributed by atoms with Gasteiger partial charge in [0.25, 0.3) is 0 Å². The lowest BCUT2D eigenvalue weighted by Gasteiger charge is -2.14. The highest BCUT2D eigenvalue weighted by atomic mass is 127. The van der Waals surface area contributed by atoms with Gasteiger partial charge in [-0.05, 0) is 47.4 Å². The fourth-order valence-corrected chi connectivity index (χ4v) is 3.23. The minimum atomic E-state index is 0.331. The second-order valence-electron chi connectivity index (χ2n) is 5.20. The van der Waals surface area contributed by atoms with Gasteiger partial charge in [0, 0.05) is 15.6 Å². The molecular weight excluding hydrogens is 363 g/mol. The van der Waals surface area contributed by atoms with Crippen molar-refractivity contribution in [1.29, 1.82) is 0 Å². The molecule has 1 aromatic carbocycles.